The van der Waals surface area contributed by atoms with Crippen molar-refractivity contribution in [3.8, 4) is 11.8 Å². The van der Waals surface area contributed by atoms with Crippen molar-refractivity contribution in [3.63, 3.8) is 0 Å². The lowest BCUT2D eigenvalue weighted by atomic mass is 10.1. The van der Waals surface area contributed by atoms with Gasteiger partial charge in [0.05, 0.1) is 17.1 Å². The topological polar surface area (TPSA) is 70.4 Å². The fraction of sp³-hybridized carbons (Fsp3) is 0.267. The third-order valence-electron chi connectivity index (χ3n) is 3.11. The lowest BCUT2D eigenvalue weighted by Crippen LogP contribution is -2.29. The summed E-state index contributed by atoms with van der Waals surface area (Å²) in [5, 5.41) is 8.85. The number of anilines is 1. The molecule has 0 aliphatic carbocycles. The van der Waals surface area contributed by atoms with E-state index in [1.54, 1.807) is 19.9 Å². The van der Waals surface area contributed by atoms with Gasteiger partial charge in [-0.1, -0.05) is 17.2 Å². The molecule has 1 fully saturated rings. The maximum Gasteiger partial charge on any atom is 0.261 e. The normalized spacial score (nSPS) is 14.4. The highest BCUT2D eigenvalue weighted by atomic mass is 35.5. The minimum absolute atomic E-state index is 0.0954. The Bertz CT molecular complexity index is 685. The fourth-order valence-corrected chi connectivity index (χ4v) is 2.23. The van der Waals surface area contributed by atoms with Crippen LogP contribution in [0.5, 0.6) is 5.75 Å². The first kappa shape index (κ1) is 15.1. The second kappa shape index (κ2) is 5.98. The van der Waals surface area contributed by atoms with E-state index in [0.29, 0.717) is 16.3 Å². The molecule has 0 spiro atoms. The highest BCUT2D eigenvalue weighted by molar-refractivity contribution is 6.32. The molecule has 1 saturated heterocycles. The third-order valence-corrected chi connectivity index (χ3v) is 3.42. The number of hydrogen-bond acceptors (Lipinski definition) is 4. The van der Waals surface area contributed by atoms with E-state index in [1.165, 1.54) is 12.1 Å². The quantitative estimate of drug-likeness (QED) is 0.636. The van der Waals surface area contributed by atoms with Crippen LogP contribution in [0.2, 0.25) is 5.02 Å². The molecule has 0 radical (unpaired) electrons. The number of imide groups is 1. The molecule has 6 heteroatoms. The average Bonchev–Trinajstić information content (AvgIpc) is 2.74. The Labute approximate surface area is 127 Å². The Morgan fingerprint density at radius 3 is 2.71 bits per heavy atom. The Morgan fingerprint density at radius 2 is 2.14 bits per heavy atom. The molecule has 2 amide bonds. The van der Waals surface area contributed by atoms with E-state index in [9.17, 15) is 9.59 Å². The van der Waals surface area contributed by atoms with E-state index in [2.05, 4.69) is 0 Å². The summed E-state index contributed by atoms with van der Waals surface area (Å²) in [5.41, 5.74) is 1.72. The molecule has 0 N–H and O–H groups in total. The van der Waals surface area contributed by atoms with Gasteiger partial charge in [-0.15, -0.1) is 0 Å². The van der Waals surface area contributed by atoms with Crippen molar-refractivity contribution in [3.05, 3.63) is 34.4 Å². The van der Waals surface area contributed by atoms with Crippen molar-refractivity contribution in [2.45, 2.75) is 20.3 Å². The number of carbonyl (C=O) groups excluding carboxylic acids is 2. The molecule has 0 atom stereocenters. The van der Waals surface area contributed by atoms with Crippen LogP contribution in [0.25, 0.3) is 0 Å². The van der Waals surface area contributed by atoms with Gasteiger partial charge in [0.25, 0.3) is 5.91 Å². The summed E-state index contributed by atoms with van der Waals surface area (Å²) in [7, 11) is 0. The molecule has 0 saturated carbocycles. The summed E-state index contributed by atoms with van der Waals surface area (Å²) in [6.07, 6.45) is 0.0954. The second-order valence-corrected chi connectivity index (χ2v) is 5.16. The molecule has 108 valence electrons. The molecule has 0 bridgehead atoms. The third kappa shape index (κ3) is 2.91. The summed E-state index contributed by atoms with van der Waals surface area (Å²) in [5.74, 6) is -0.347. The first-order valence-corrected chi connectivity index (χ1v) is 6.66. The number of nitriles is 1. The Morgan fingerprint density at radius 1 is 1.43 bits per heavy atom. The molecule has 1 aromatic carbocycles. The van der Waals surface area contributed by atoms with E-state index < -0.39 is 0 Å². The van der Waals surface area contributed by atoms with Crippen LogP contribution in [0.3, 0.4) is 0 Å². The number of nitrogens with zero attached hydrogens (tertiary/aromatic N) is 2. The Kier molecular flexibility index (Phi) is 4.29. The van der Waals surface area contributed by atoms with E-state index in [4.69, 9.17) is 21.6 Å². The van der Waals surface area contributed by atoms with Gasteiger partial charge in [-0.25, -0.2) is 4.90 Å². The van der Waals surface area contributed by atoms with Gasteiger partial charge in [-0.2, -0.15) is 5.26 Å². The smallest absolute Gasteiger partial charge is 0.261 e. The summed E-state index contributed by atoms with van der Waals surface area (Å²) in [6, 6.07) is 6.43. The van der Waals surface area contributed by atoms with Crippen molar-refractivity contribution in [2.75, 3.05) is 11.5 Å². The molecule has 1 aliphatic heterocycles. The van der Waals surface area contributed by atoms with Crippen LogP contribution >= 0.6 is 11.6 Å². The maximum atomic E-state index is 12.3. The highest BCUT2D eigenvalue weighted by Crippen LogP contribution is 2.33. The maximum absolute atomic E-state index is 12.3. The van der Waals surface area contributed by atoms with Gasteiger partial charge in [0.1, 0.15) is 11.8 Å². The largest absolute Gasteiger partial charge is 0.477 e. The molecule has 1 aliphatic rings. The van der Waals surface area contributed by atoms with Crippen LogP contribution in [0.1, 0.15) is 20.3 Å². The highest BCUT2D eigenvalue weighted by Gasteiger charge is 2.35. The van der Waals surface area contributed by atoms with Gasteiger partial charge in [-0.05, 0) is 26.0 Å². The molecule has 5 nitrogen and oxygen atoms in total. The number of allylic oxidation sites excluding steroid dienone is 1. The van der Waals surface area contributed by atoms with Crippen molar-refractivity contribution in [1.29, 1.82) is 5.26 Å². The molecule has 1 aromatic rings. The second-order valence-electron chi connectivity index (χ2n) is 4.75. The average molecular weight is 305 g/mol. The number of rotatable bonds is 3. The summed E-state index contributed by atoms with van der Waals surface area (Å²) in [4.78, 5) is 25.5. The van der Waals surface area contributed by atoms with Crippen LogP contribution in [0.15, 0.2) is 29.3 Å². The van der Waals surface area contributed by atoms with Gasteiger partial charge in [0.2, 0.25) is 5.91 Å². The molecule has 21 heavy (non-hydrogen) atoms. The standard InChI is InChI=1S/C15H13ClN2O3/c1-9(2)11-8-14(19)18(15(11)20)10-3-4-12(16)13(7-10)21-6-5-17/h3-4,7H,6,8H2,1-2H3. The number of ether oxygens (including phenoxy) is 1. The number of carbonyl (C=O) groups is 2. The minimum Gasteiger partial charge on any atom is -0.477 e. The van der Waals surface area contributed by atoms with Gasteiger partial charge in [-0.3, -0.25) is 9.59 Å². The first-order valence-electron chi connectivity index (χ1n) is 6.28. The predicted molar refractivity (Wildman–Crippen MR) is 78.0 cm³/mol. The Balaban J connectivity index is 2.39. The minimum atomic E-state index is -0.325. The van der Waals surface area contributed by atoms with Crippen LogP contribution < -0.4 is 9.64 Å². The zero-order chi connectivity index (χ0) is 15.6. The van der Waals surface area contributed by atoms with Crippen LogP contribution in [0, 0.1) is 11.3 Å². The zero-order valence-corrected chi connectivity index (χ0v) is 12.4. The van der Waals surface area contributed by atoms with Crippen molar-refractivity contribution < 1.29 is 14.3 Å². The lowest BCUT2D eigenvalue weighted by Gasteiger charge is -2.15. The molecular weight excluding hydrogens is 292 g/mol. The molecule has 0 aromatic heterocycles. The van der Waals surface area contributed by atoms with E-state index in [-0.39, 0.29) is 30.6 Å². The Hall–Kier alpha value is -2.32. The first-order chi connectivity index (χ1) is 9.95. The van der Waals surface area contributed by atoms with E-state index >= 15 is 0 Å². The van der Waals surface area contributed by atoms with Gasteiger partial charge < -0.3 is 4.74 Å². The van der Waals surface area contributed by atoms with Crippen LogP contribution in [0.4, 0.5) is 5.69 Å². The number of benzene rings is 1. The molecular formula is C15H13ClN2O3. The van der Waals surface area contributed by atoms with Gasteiger partial charge >= 0.3 is 0 Å². The van der Waals surface area contributed by atoms with Gasteiger partial charge in [0, 0.05) is 11.6 Å². The number of amides is 2. The number of hydrogen-bond donors (Lipinski definition) is 0. The van der Waals surface area contributed by atoms with Crippen LogP contribution in [-0.4, -0.2) is 18.4 Å². The van der Waals surface area contributed by atoms with E-state index in [0.717, 1.165) is 10.5 Å². The predicted octanol–water partition coefficient (Wildman–Crippen LogP) is 2.84. The summed E-state index contributed by atoms with van der Waals surface area (Å²) < 4.78 is 5.18. The van der Waals surface area contributed by atoms with Crippen molar-refractivity contribution in [2.24, 2.45) is 0 Å². The summed E-state index contributed by atoms with van der Waals surface area (Å²) in [6.45, 7) is 3.44. The zero-order valence-electron chi connectivity index (χ0n) is 11.6. The monoisotopic (exact) mass is 304 g/mol. The van der Waals surface area contributed by atoms with Crippen LogP contribution in [-0.2, 0) is 9.59 Å². The SMILES string of the molecule is CC(C)=C1CC(=O)N(c2ccc(Cl)c(OCC#N)c2)C1=O. The molecule has 2 rings (SSSR count). The van der Waals surface area contributed by atoms with Gasteiger partial charge in [0.15, 0.2) is 6.61 Å². The van der Waals surface area contributed by atoms with Crippen molar-refractivity contribution in [1.82, 2.24) is 0 Å². The van der Waals surface area contributed by atoms with Crippen molar-refractivity contribution >= 4 is 29.1 Å². The summed E-state index contributed by atoms with van der Waals surface area (Å²) >= 11 is 5.96. The van der Waals surface area contributed by atoms with E-state index in [1.807, 2.05) is 6.07 Å². The molecule has 1 heterocycles. The lowest BCUT2D eigenvalue weighted by molar-refractivity contribution is -0.120. The molecule has 0 unspecified atom stereocenters. The fourth-order valence-electron chi connectivity index (χ4n) is 2.06. The number of halogens is 1.